The Morgan fingerprint density at radius 1 is 1.44 bits per heavy atom. The van der Waals surface area contributed by atoms with Gasteiger partial charge < -0.3 is 45.6 Å². The highest BCUT2D eigenvalue weighted by Crippen LogP contribution is 2.20. The SMILES string of the molecule is CC(C)(C)OC(=O)N(C/C(N)=C/[NH2+]C1C(O)[C@H](O)C(CO)O[C@@H]1OCCCl)c1ncc[nH]1. The van der Waals surface area contributed by atoms with Gasteiger partial charge in [0.25, 0.3) is 0 Å². The number of hydrogen-bond acceptors (Lipinski definition) is 9. The Balaban J connectivity index is 2.13. The average molecular weight is 479 g/mol. The van der Waals surface area contributed by atoms with Crippen molar-refractivity contribution < 1.29 is 39.6 Å². The third-order valence-electron chi connectivity index (χ3n) is 4.51. The number of aliphatic hydroxyl groups excluding tert-OH is 3. The number of carbonyl (C=O) groups excluding carboxylic acids is 1. The topological polar surface area (TPSA) is 180 Å². The second-order valence-corrected chi connectivity index (χ2v) is 8.64. The molecule has 1 aromatic heterocycles. The Morgan fingerprint density at radius 2 is 2.16 bits per heavy atom. The Bertz CT molecular complexity index is 743. The third kappa shape index (κ3) is 7.30. The maximum absolute atomic E-state index is 12.6. The van der Waals surface area contributed by atoms with E-state index >= 15 is 0 Å². The number of carbonyl (C=O) groups is 1. The lowest BCUT2D eigenvalue weighted by molar-refractivity contribution is -0.663. The van der Waals surface area contributed by atoms with Gasteiger partial charge in [-0.3, -0.25) is 0 Å². The number of halogens is 1. The quantitative estimate of drug-likeness (QED) is 0.232. The molecular formula is C19H33ClN5O7+. The normalized spacial score (nSPS) is 26.7. The van der Waals surface area contributed by atoms with Crippen LogP contribution in [-0.2, 0) is 14.2 Å². The lowest BCUT2D eigenvalue weighted by Crippen LogP contribution is -2.93. The molecule has 32 heavy (non-hydrogen) atoms. The fourth-order valence-electron chi connectivity index (χ4n) is 3.04. The van der Waals surface area contributed by atoms with E-state index in [4.69, 9.17) is 31.5 Å². The van der Waals surface area contributed by atoms with Gasteiger partial charge in [0.15, 0.2) is 6.04 Å². The molecule has 13 heteroatoms. The van der Waals surface area contributed by atoms with E-state index in [9.17, 15) is 20.1 Å². The number of imidazole rings is 1. The Kier molecular flexibility index (Phi) is 9.70. The summed E-state index contributed by atoms with van der Waals surface area (Å²) < 4.78 is 16.5. The minimum atomic E-state index is -1.33. The van der Waals surface area contributed by atoms with E-state index in [0.717, 1.165) is 0 Å². The van der Waals surface area contributed by atoms with Crippen LogP contribution >= 0.6 is 11.6 Å². The number of alkyl halides is 1. The lowest BCUT2D eigenvalue weighted by Gasteiger charge is -2.39. The molecule has 3 unspecified atom stereocenters. The van der Waals surface area contributed by atoms with E-state index in [2.05, 4.69) is 9.97 Å². The molecule has 0 aliphatic carbocycles. The van der Waals surface area contributed by atoms with Crippen molar-refractivity contribution in [1.82, 2.24) is 9.97 Å². The molecule has 5 atom stereocenters. The summed E-state index contributed by atoms with van der Waals surface area (Å²) in [7, 11) is 0. The van der Waals surface area contributed by atoms with E-state index in [0.29, 0.717) is 0 Å². The molecule has 2 heterocycles. The molecule has 12 nitrogen and oxygen atoms in total. The summed E-state index contributed by atoms with van der Waals surface area (Å²) in [4.78, 5) is 20.8. The van der Waals surface area contributed by atoms with E-state index in [1.807, 2.05) is 0 Å². The number of nitrogens with one attached hydrogen (secondary N) is 1. The van der Waals surface area contributed by atoms with Crippen LogP contribution in [0.25, 0.3) is 0 Å². The van der Waals surface area contributed by atoms with Crippen molar-refractivity contribution in [2.24, 2.45) is 5.73 Å². The molecule has 8 N–H and O–H groups in total. The zero-order valence-electron chi connectivity index (χ0n) is 18.3. The highest BCUT2D eigenvalue weighted by Gasteiger charge is 2.47. The van der Waals surface area contributed by atoms with Gasteiger partial charge in [0.1, 0.15) is 30.1 Å². The van der Waals surface area contributed by atoms with Crippen molar-refractivity contribution >= 4 is 23.6 Å². The van der Waals surface area contributed by atoms with Crippen molar-refractivity contribution in [3.8, 4) is 0 Å². The first-order valence-electron chi connectivity index (χ1n) is 10.2. The van der Waals surface area contributed by atoms with Crippen molar-refractivity contribution in [1.29, 1.82) is 0 Å². The molecule has 2 rings (SSSR count). The molecule has 1 amide bonds. The van der Waals surface area contributed by atoms with Crippen molar-refractivity contribution in [3.63, 3.8) is 0 Å². The number of aromatic nitrogens is 2. The van der Waals surface area contributed by atoms with Crippen molar-refractivity contribution in [2.45, 2.75) is 57.0 Å². The first-order valence-corrected chi connectivity index (χ1v) is 10.7. The number of ether oxygens (including phenoxy) is 3. The number of H-pyrrole nitrogens is 1. The van der Waals surface area contributed by atoms with Gasteiger partial charge in [-0.1, -0.05) is 0 Å². The van der Waals surface area contributed by atoms with Crippen LogP contribution in [0.2, 0.25) is 0 Å². The number of nitrogens with two attached hydrogens (primary N) is 2. The largest absolute Gasteiger partial charge is 0.443 e. The van der Waals surface area contributed by atoms with Gasteiger partial charge in [0.05, 0.1) is 25.5 Å². The number of nitrogens with zero attached hydrogens (tertiary/aromatic N) is 2. The number of aromatic amines is 1. The average Bonchev–Trinajstić information content (AvgIpc) is 3.25. The number of rotatable bonds is 9. The fraction of sp³-hybridized carbons (Fsp3) is 0.684. The molecule has 0 saturated carbocycles. The van der Waals surface area contributed by atoms with Crippen LogP contribution in [0.5, 0.6) is 0 Å². The molecule has 0 radical (unpaired) electrons. The summed E-state index contributed by atoms with van der Waals surface area (Å²) in [6.45, 7) is 4.83. The molecule has 0 aromatic carbocycles. The van der Waals surface area contributed by atoms with Crippen LogP contribution in [0, 0.1) is 0 Å². The summed E-state index contributed by atoms with van der Waals surface area (Å²) in [5.74, 6) is 0.447. The van der Waals surface area contributed by atoms with Crippen LogP contribution in [0.1, 0.15) is 20.8 Å². The maximum atomic E-state index is 12.6. The van der Waals surface area contributed by atoms with Gasteiger partial charge in [-0.15, -0.1) is 11.6 Å². The van der Waals surface area contributed by atoms with Gasteiger partial charge in [0, 0.05) is 18.3 Å². The number of quaternary nitrogens is 1. The van der Waals surface area contributed by atoms with Crippen LogP contribution in [0.3, 0.4) is 0 Å². The summed E-state index contributed by atoms with van der Waals surface area (Å²) in [6, 6.07) is -0.798. The van der Waals surface area contributed by atoms with Gasteiger partial charge in [-0.05, 0) is 20.8 Å². The molecule has 1 aliphatic rings. The van der Waals surface area contributed by atoms with Crippen molar-refractivity contribution in [2.75, 3.05) is 30.5 Å². The second kappa shape index (κ2) is 11.8. The minimum absolute atomic E-state index is 0.0579. The minimum Gasteiger partial charge on any atom is -0.443 e. The van der Waals surface area contributed by atoms with E-state index in [-0.39, 0.29) is 30.7 Å². The maximum Gasteiger partial charge on any atom is 0.417 e. The Hall–Kier alpha value is -1.93. The number of aliphatic hydroxyl groups is 3. The molecule has 182 valence electrons. The summed E-state index contributed by atoms with van der Waals surface area (Å²) in [6.07, 6.45) is -0.669. The Morgan fingerprint density at radius 3 is 2.72 bits per heavy atom. The molecule has 0 spiro atoms. The molecule has 1 aliphatic heterocycles. The highest BCUT2D eigenvalue weighted by molar-refractivity contribution is 6.17. The summed E-state index contributed by atoms with van der Waals surface area (Å²) >= 11 is 5.67. The smallest absolute Gasteiger partial charge is 0.417 e. The molecular weight excluding hydrogens is 446 g/mol. The molecule has 1 aromatic rings. The number of amides is 1. The third-order valence-corrected chi connectivity index (χ3v) is 4.67. The monoisotopic (exact) mass is 478 g/mol. The second-order valence-electron chi connectivity index (χ2n) is 8.26. The van der Waals surface area contributed by atoms with Crippen LogP contribution in [-0.4, -0.2) is 93.3 Å². The van der Waals surface area contributed by atoms with Gasteiger partial charge in [-0.25, -0.2) is 14.7 Å². The number of hydrogen-bond donors (Lipinski definition) is 6. The van der Waals surface area contributed by atoms with Crippen LogP contribution in [0.15, 0.2) is 24.3 Å². The highest BCUT2D eigenvalue weighted by atomic mass is 35.5. The summed E-state index contributed by atoms with van der Waals surface area (Å²) in [5.41, 5.74) is 5.66. The molecule has 1 saturated heterocycles. The van der Waals surface area contributed by atoms with Crippen LogP contribution < -0.4 is 16.0 Å². The standard InChI is InChI=1S/C19H32ClN5O7/c1-19(2,3)32-18(29)25(17-22-5-6-23-17)9-11(21)8-24-13-15(28)14(27)12(10-26)31-16(13)30-7-4-20/h5-6,8,12-16,24,26-28H,4,7,9-10,21H2,1-3H3,(H,22,23)/p+1/b11-8-/t12?,13?,14-,15?,16+/m1/s1. The predicted molar refractivity (Wildman–Crippen MR) is 115 cm³/mol. The van der Waals surface area contributed by atoms with E-state index in [1.165, 1.54) is 22.6 Å². The first-order chi connectivity index (χ1) is 15.1. The zero-order chi connectivity index (χ0) is 23.9. The van der Waals surface area contributed by atoms with E-state index in [1.54, 1.807) is 27.0 Å². The van der Waals surface area contributed by atoms with E-state index < -0.39 is 48.9 Å². The van der Waals surface area contributed by atoms with Gasteiger partial charge >= 0.3 is 6.09 Å². The predicted octanol–water partition coefficient (Wildman–Crippen LogP) is -1.42. The number of anilines is 1. The van der Waals surface area contributed by atoms with Crippen molar-refractivity contribution in [3.05, 3.63) is 24.3 Å². The Labute approximate surface area is 191 Å². The van der Waals surface area contributed by atoms with Gasteiger partial charge in [0.2, 0.25) is 12.2 Å². The summed E-state index contributed by atoms with van der Waals surface area (Å²) in [5, 5.41) is 31.6. The fourth-order valence-corrected chi connectivity index (χ4v) is 3.13. The van der Waals surface area contributed by atoms with Gasteiger partial charge in [-0.2, -0.15) is 0 Å². The lowest BCUT2D eigenvalue weighted by atomic mass is 9.97. The first kappa shape index (κ1) is 26.3. The van der Waals surface area contributed by atoms with Crippen LogP contribution in [0.4, 0.5) is 10.7 Å². The molecule has 1 fully saturated rings. The molecule has 0 bridgehead atoms. The zero-order valence-corrected chi connectivity index (χ0v) is 19.1.